The van der Waals surface area contributed by atoms with Gasteiger partial charge in [0.25, 0.3) is 0 Å². The van der Waals surface area contributed by atoms with Crippen LogP contribution in [-0.4, -0.2) is 58.3 Å². The maximum absolute atomic E-state index is 12.8. The highest BCUT2D eigenvalue weighted by Crippen LogP contribution is 2.27. The van der Waals surface area contributed by atoms with E-state index in [1.54, 1.807) is 14.0 Å². The van der Waals surface area contributed by atoms with Gasteiger partial charge in [-0.15, -0.1) is 0 Å². The Labute approximate surface area is 170 Å². The van der Waals surface area contributed by atoms with Crippen molar-refractivity contribution >= 4 is 11.8 Å². The van der Waals surface area contributed by atoms with Gasteiger partial charge in [-0.25, -0.2) is 9.97 Å². The van der Waals surface area contributed by atoms with Gasteiger partial charge in [0, 0.05) is 62.8 Å². The number of nitrogens with zero attached hydrogens (tertiary/aromatic N) is 4. The third-order valence-electron chi connectivity index (χ3n) is 5.84. The van der Waals surface area contributed by atoms with Gasteiger partial charge in [-0.05, 0) is 12.5 Å². The third kappa shape index (κ3) is 4.09. The standard InChI is InChI=1S/C22H26N4O3/c1-15(27)25-9-7-17(13-25)22-23-12-18-14-26(10-8-19(18)24-22)21(28)11-16-5-3-4-6-20(16)29-2/h3-6,12,17H,7-11,13-14H2,1-2H3. The second kappa shape index (κ2) is 8.19. The summed E-state index contributed by atoms with van der Waals surface area (Å²) in [7, 11) is 1.62. The van der Waals surface area contributed by atoms with Crippen LogP contribution in [0.5, 0.6) is 5.75 Å². The van der Waals surface area contributed by atoms with Crippen LogP contribution in [0.2, 0.25) is 0 Å². The molecule has 3 heterocycles. The van der Waals surface area contributed by atoms with Crippen molar-refractivity contribution in [1.82, 2.24) is 19.8 Å². The van der Waals surface area contributed by atoms with Crippen molar-refractivity contribution in [3.63, 3.8) is 0 Å². The summed E-state index contributed by atoms with van der Waals surface area (Å²) in [6.07, 6.45) is 3.81. The molecular weight excluding hydrogens is 368 g/mol. The van der Waals surface area contributed by atoms with Crippen molar-refractivity contribution in [2.75, 3.05) is 26.7 Å². The molecule has 1 atom stereocenters. The van der Waals surface area contributed by atoms with Crippen molar-refractivity contribution in [3.05, 3.63) is 53.1 Å². The van der Waals surface area contributed by atoms with Crippen LogP contribution < -0.4 is 4.74 Å². The predicted octanol–water partition coefficient (Wildman–Crippen LogP) is 1.95. The molecule has 1 unspecified atom stereocenters. The van der Waals surface area contributed by atoms with E-state index < -0.39 is 0 Å². The molecule has 1 aromatic carbocycles. The first-order chi connectivity index (χ1) is 14.0. The lowest BCUT2D eigenvalue weighted by atomic mass is 10.0. The minimum Gasteiger partial charge on any atom is -0.496 e. The molecule has 1 aromatic heterocycles. The number of carbonyl (C=O) groups excluding carboxylic acids is 2. The number of hydrogen-bond donors (Lipinski definition) is 0. The maximum Gasteiger partial charge on any atom is 0.227 e. The molecule has 29 heavy (non-hydrogen) atoms. The monoisotopic (exact) mass is 394 g/mol. The Hall–Kier alpha value is -2.96. The van der Waals surface area contributed by atoms with Crippen molar-refractivity contribution in [2.24, 2.45) is 0 Å². The number of ether oxygens (including phenoxy) is 1. The maximum atomic E-state index is 12.8. The van der Waals surface area contributed by atoms with Gasteiger partial charge in [0.05, 0.1) is 19.2 Å². The SMILES string of the molecule is COc1ccccc1CC(=O)N1CCc2nc(C3CCN(C(C)=O)C3)ncc2C1. The van der Waals surface area contributed by atoms with E-state index >= 15 is 0 Å². The molecule has 7 nitrogen and oxygen atoms in total. The quantitative estimate of drug-likeness (QED) is 0.792. The molecule has 1 saturated heterocycles. The van der Waals surface area contributed by atoms with Crippen LogP contribution in [0.3, 0.4) is 0 Å². The normalized spacial score (nSPS) is 18.5. The molecule has 1 fully saturated rings. The van der Waals surface area contributed by atoms with Gasteiger partial charge in [-0.2, -0.15) is 0 Å². The second-order valence-electron chi connectivity index (χ2n) is 7.70. The first-order valence-electron chi connectivity index (χ1n) is 10.0. The highest BCUT2D eigenvalue weighted by Gasteiger charge is 2.29. The fourth-order valence-electron chi connectivity index (χ4n) is 4.12. The smallest absolute Gasteiger partial charge is 0.227 e. The number of methoxy groups -OCH3 is 1. The number of carbonyl (C=O) groups is 2. The zero-order chi connectivity index (χ0) is 20.4. The molecule has 7 heteroatoms. The summed E-state index contributed by atoms with van der Waals surface area (Å²) >= 11 is 0. The van der Waals surface area contributed by atoms with E-state index in [-0.39, 0.29) is 17.7 Å². The van der Waals surface area contributed by atoms with Gasteiger partial charge >= 0.3 is 0 Å². The van der Waals surface area contributed by atoms with Gasteiger partial charge in [0.15, 0.2) is 0 Å². The third-order valence-corrected chi connectivity index (χ3v) is 5.84. The highest BCUT2D eigenvalue weighted by atomic mass is 16.5. The van der Waals surface area contributed by atoms with Crippen LogP contribution in [-0.2, 0) is 29.0 Å². The number of rotatable bonds is 4. The Bertz CT molecular complexity index is 930. The number of para-hydroxylation sites is 1. The van der Waals surface area contributed by atoms with Gasteiger partial charge in [0.1, 0.15) is 11.6 Å². The van der Waals surface area contributed by atoms with E-state index in [9.17, 15) is 9.59 Å². The summed E-state index contributed by atoms with van der Waals surface area (Å²) in [4.78, 5) is 37.5. The first-order valence-corrected chi connectivity index (χ1v) is 10.0. The van der Waals surface area contributed by atoms with Crippen molar-refractivity contribution in [2.45, 2.75) is 38.6 Å². The summed E-state index contributed by atoms with van der Waals surface area (Å²) in [6, 6.07) is 7.62. The predicted molar refractivity (Wildman–Crippen MR) is 107 cm³/mol. The van der Waals surface area contributed by atoms with Crippen LogP contribution in [0.1, 0.15) is 41.9 Å². The van der Waals surface area contributed by atoms with E-state index in [1.807, 2.05) is 40.3 Å². The molecule has 152 valence electrons. The highest BCUT2D eigenvalue weighted by molar-refractivity contribution is 5.79. The number of fused-ring (bicyclic) bond motifs is 1. The number of amides is 2. The zero-order valence-corrected chi connectivity index (χ0v) is 16.9. The molecule has 0 saturated carbocycles. The Kier molecular flexibility index (Phi) is 5.47. The lowest BCUT2D eigenvalue weighted by molar-refractivity contribution is -0.131. The molecule has 0 N–H and O–H groups in total. The molecule has 2 aliphatic heterocycles. The summed E-state index contributed by atoms with van der Waals surface area (Å²) in [6.45, 7) is 4.26. The van der Waals surface area contributed by atoms with E-state index in [0.717, 1.165) is 47.8 Å². The molecule has 0 radical (unpaired) electrons. The van der Waals surface area contributed by atoms with Crippen LogP contribution in [0.25, 0.3) is 0 Å². The van der Waals surface area contributed by atoms with Crippen LogP contribution in [0, 0.1) is 0 Å². The lowest BCUT2D eigenvalue weighted by Crippen LogP contribution is -2.37. The van der Waals surface area contributed by atoms with Crippen molar-refractivity contribution in [3.8, 4) is 5.75 Å². The Morgan fingerprint density at radius 1 is 1.21 bits per heavy atom. The largest absolute Gasteiger partial charge is 0.496 e. The molecule has 2 aliphatic rings. The summed E-state index contributed by atoms with van der Waals surface area (Å²) < 4.78 is 5.36. The number of hydrogen-bond acceptors (Lipinski definition) is 5. The van der Waals surface area contributed by atoms with E-state index in [1.165, 1.54) is 0 Å². The summed E-state index contributed by atoms with van der Waals surface area (Å²) in [5.74, 6) is 1.95. The molecule has 0 spiro atoms. The van der Waals surface area contributed by atoms with Crippen LogP contribution in [0.4, 0.5) is 0 Å². The van der Waals surface area contributed by atoms with Crippen molar-refractivity contribution < 1.29 is 14.3 Å². The second-order valence-corrected chi connectivity index (χ2v) is 7.70. The Morgan fingerprint density at radius 3 is 2.79 bits per heavy atom. The van der Waals surface area contributed by atoms with E-state index in [2.05, 4.69) is 4.98 Å². The van der Waals surface area contributed by atoms with E-state index in [0.29, 0.717) is 26.1 Å². The van der Waals surface area contributed by atoms with Gasteiger partial charge in [-0.1, -0.05) is 18.2 Å². The number of aromatic nitrogens is 2. The topological polar surface area (TPSA) is 75.6 Å². The van der Waals surface area contributed by atoms with Gasteiger partial charge < -0.3 is 14.5 Å². The molecule has 2 amide bonds. The van der Waals surface area contributed by atoms with Crippen molar-refractivity contribution in [1.29, 1.82) is 0 Å². The zero-order valence-electron chi connectivity index (χ0n) is 16.9. The fraction of sp³-hybridized carbons (Fsp3) is 0.455. The van der Waals surface area contributed by atoms with Gasteiger partial charge in [0.2, 0.25) is 11.8 Å². The fourth-order valence-corrected chi connectivity index (χ4v) is 4.12. The minimum atomic E-state index is 0.0807. The van der Waals surface area contributed by atoms with Gasteiger partial charge in [-0.3, -0.25) is 9.59 Å². The number of likely N-dealkylation sites (tertiary alicyclic amines) is 1. The summed E-state index contributed by atoms with van der Waals surface area (Å²) in [5, 5.41) is 0. The molecule has 4 rings (SSSR count). The molecule has 0 aliphatic carbocycles. The average molecular weight is 394 g/mol. The van der Waals surface area contributed by atoms with Crippen LogP contribution >= 0.6 is 0 Å². The van der Waals surface area contributed by atoms with Crippen LogP contribution in [0.15, 0.2) is 30.5 Å². The first kappa shape index (κ1) is 19.4. The molecular formula is C22H26N4O3. The minimum absolute atomic E-state index is 0.0807. The Morgan fingerprint density at radius 2 is 2.03 bits per heavy atom. The number of benzene rings is 1. The Balaban J connectivity index is 1.43. The van der Waals surface area contributed by atoms with E-state index in [4.69, 9.17) is 9.72 Å². The summed E-state index contributed by atoms with van der Waals surface area (Å²) in [5.41, 5.74) is 2.93. The lowest BCUT2D eigenvalue weighted by Gasteiger charge is -2.29. The average Bonchev–Trinajstić information content (AvgIpc) is 3.24. The molecule has 2 aromatic rings. The molecule has 0 bridgehead atoms.